The van der Waals surface area contributed by atoms with Gasteiger partial charge in [-0.25, -0.2) is 17.9 Å². The summed E-state index contributed by atoms with van der Waals surface area (Å²) in [6.45, 7) is 5.55. The van der Waals surface area contributed by atoms with Crippen molar-refractivity contribution in [1.82, 2.24) is 9.62 Å². The SMILES string of the molecule is CS(=O)(=O)N[C@H]1CCO[C@]2(CCN(CC3CCOCC3)C2)C1.O=C(O)C(F)(F)F. The fraction of sp³-hybridized carbons (Fsp3) is 0.941. The molecule has 0 amide bonds. The molecule has 3 aliphatic rings. The number of carbonyl (C=O) groups is 1. The zero-order chi connectivity index (χ0) is 21.7. The first-order valence-corrected chi connectivity index (χ1v) is 11.5. The van der Waals surface area contributed by atoms with E-state index in [1.54, 1.807) is 0 Å². The lowest BCUT2D eigenvalue weighted by molar-refractivity contribution is -0.192. The molecule has 0 aliphatic carbocycles. The molecule has 29 heavy (non-hydrogen) atoms. The summed E-state index contributed by atoms with van der Waals surface area (Å²) in [5.74, 6) is -2.02. The van der Waals surface area contributed by atoms with Gasteiger partial charge in [0, 0.05) is 45.5 Å². The normalized spacial score (nSPS) is 29.4. The molecule has 0 saturated carbocycles. The van der Waals surface area contributed by atoms with Gasteiger partial charge in [0.1, 0.15) is 0 Å². The number of aliphatic carboxylic acids is 1. The van der Waals surface area contributed by atoms with E-state index in [1.807, 2.05) is 0 Å². The number of carboxylic acid groups (broad SMARTS) is 1. The average molecular weight is 446 g/mol. The lowest BCUT2D eigenvalue weighted by atomic mass is 9.90. The summed E-state index contributed by atoms with van der Waals surface area (Å²) in [6, 6.07) is 0.0202. The minimum absolute atomic E-state index is 0.0202. The molecule has 2 atom stereocenters. The Labute approximate surface area is 168 Å². The third-order valence-electron chi connectivity index (χ3n) is 5.37. The van der Waals surface area contributed by atoms with Crippen molar-refractivity contribution in [3.05, 3.63) is 0 Å². The van der Waals surface area contributed by atoms with Gasteiger partial charge >= 0.3 is 12.1 Å². The number of ether oxygens (including phenoxy) is 2. The number of hydrogen-bond donors (Lipinski definition) is 2. The summed E-state index contributed by atoms with van der Waals surface area (Å²) in [5, 5.41) is 7.12. The number of hydrogen-bond acceptors (Lipinski definition) is 6. The Morgan fingerprint density at radius 3 is 2.41 bits per heavy atom. The van der Waals surface area contributed by atoms with Crippen molar-refractivity contribution in [3.8, 4) is 0 Å². The van der Waals surface area contributed by atoms with Crippen LogP contribution in [0.1, 0.15) is 32.1 Å². The monoisotopic (exact) mass is 446 g/mol. The van der Waals surface area contributed by atoms with E-state index in [2.05, 4.69) is 9.62 Å². The van der Waals surface area contributed by atoms with E-state index in [0.29, 0.717) is 6.61 Å². The highest BCUT2D eigenvalue weighted by Gasteiger charge is 2.44. The van der Waals surface area contributed by atoms with Crippen molar-refractivity contribution in [3.63, 3.8) is 0 Å². The van der Waals surface area contributed by atoms with E-state index in [1.165, 1.54) is 6.26 Å². The Bertz CT molecular complexity index is 654. The molecule has 3 saturated heterocycles. The number of likely N-dealkylation sites (tertiary alicyclic amines) is 1. The summed E-state index contributed by atoms with van der Waals surface area (Å²) < 4.78 is 68.9. The van der Waals surface area contributed by atoms with Crippen LogP contribution in [0.2, 0.25) is 0 Å². The lowest BCUT2D eigenvalue weighted by Gasteiger charge is -2.38. The largest absolute Gasteiger partial charge is 0.490 e. The molecular formula is C17H29F3N2O6S. The number of alkyl halides is 3. The minimum Gasteiger partial charge on any atom is -0.475 e. The van der Waals surface area contributed by atoms with Crippen LogP contribution in [0.25, 0.3) is 0 Å². The second kappa shape index (κ2) is 9.90. The van der Waals surface area contributed by atoms with Gasteiger partial charge in [-0.1, -0.05) is 0 Å². The van der Waals surface area contributed by atoms with Crippen LogP contribution in [0.15, 0.2) is 0 Å². The van der Waals surface area contributed by atoms with Gasteiger partial charge in [0.05, 0.1) is 11.9 Å². The van der Waals surface area contributed by atoms with E-state index in [0.717, 1.165) is 70.9 Å². The van der Waals surface area contributed by atoms with Gasteiger partial charge in [-0.15, -0.1) is 0 Å². The molecule has 2 N–H and O–H groups in total. The van der Waals surface area contributed by atoms with Crippen LogP contribution < -0.4 is 4.72 Å². The van der Waals surface area contributed by atoms with Gasteiger partial charge < -0.3 is 19.5 Å². The molecule has 3 aliphatic heterocycles. The zero-order valence-corrected chi connectivity index (χ0v) is 17.2. The van der Waals surface area contributed by atoms with E-state index in [4.69, 9.17) is 19.4 Å². The van der Waals surface area contributed by atoms with Crippen LogP contribution in [0.3, 0.4) is 0 Å². The predicted molar refractivity (Wildman–Crippen MR) is 98.0 cm³/mol. The molecule has 3 rings (SSSR count). The van der Waals surface area contributed by atoms with E-state index in [9.17, 15) is 21.6 Å². The van der Waals surface area contributed by atoms with E-state index >= 15 is 0 Å². The molecule has 0 aromatic rings. The first kappa shape index (κ1) is 24.3. The van der Waals surface area contributed by atoms with Crippen molar-refractivity contribution in [2.24, 2.45) is 5.92 Å². The maximum absolute atomic E-state index is 11.5. The summed E-state index contributed by atoms with van der Waals surface area (Å²) in [4.78, 5) is 11.4. The van der Waals surface area contributed by atoms with Crippen LogP contribution in [0.5, 0.6) is 0 Å². The van der Waals surface area contributed by atoms with Gasteiger partial charge in [0.15, 0.2) is 0 Å². The summed E-state index contributed by atoms with van der Waals surface area (Å²) >= 11 is 0. The topological polar surface area (TPSA) is 105 Å². The zero-order valence-electron chi connectivity index (χ0n) is 16.4. The highest BCUT2D eigenvalue weighted by molar-refractivity contribution is 7.88. The number of rotatable bonds is 4. The van der Waals surface area contributed by atoms with Gasteiger partial charge in [0.2, 0.25) is 10.0 Å². The first-order chi connectivity index (χ1) is 13.4. The van der Waals surface area contributed by atoms with Crippen molar-refractivity contribution in [2.45, 2.75) is 49.9 Å². The molecule has 0 unspecified atom stereocenters. The number of sulfonamides is 1. The van der Waals surface area contributed by atoms with Crippen LogP contribution >= 0.6 is 0 Å². The van der Waals surface area contributed by atoms with Crippen molar-refractivity contribution < 1.29 is 41.0 Å². The van der Waals surface area contributed by atoms with E-state index in [-0.39, 0.29) is 11.6 Å². The lowest BCUT2D eigenvalue weighted by Crippen LogP contribution is -2.49. The number of halogens is 3. The second-order valence-corrected chi connectivity index (χ2v) is 9.74. The molecule has 1 spiro atoms. The fourth-order valence-corrected chi connectivity index (χ4v) is 4.90. The van der Waals surface area contributed by atoms with Gasteiger partial charge in [-0.2, -0.15) is 13.2 Å². The van der Waals surface area contributed by atoms with Crippen LogP contribution in [0.4, 0.5) is 13.2 Å². The molecule has 12 heteroatoms. The smallest absolute Gasteiger partial charge is 0.475 e. The molecule has 8 nitrogen and oxygen atoms in total. The predicted octanol–water partition coefficient (Wildman–Crippen LogP) is 1.22. The summed E-state index contributed by atoms with van der Waals surface area (Å²) in [6.07, 6.45) is 1.05. The Balaban J connectivity index is 0.000000370. The van der Waals surface area contributed by atoms with Crippen molar-refractivity contribution >= 4 is 16.0 Å². The second-order valence-electron chi connectivity index (χ2n) is 7.95. The summed E-state index contributed by atoms with van der Waals surface area (Å²) in [7, 11) is -3.14. The van der Waals surface area contributed by atoms with Crippen LogP contribution in [-0.4, -0.2) is 87.9 Å². The Morgan fingerprint density at radius 2 is 1.86 bits per heavy atom. The Kier molecular flexibility index (Phi) is 8.31. The molecule has 170 valence electrons. The molecule has 3 fully saturated rings. The molecule has 0 aromatic heterocycles. The van der Waals surface area contributed by atoms with Gasteiger partial charge in [-0.05, 0) is 38.0 Å². The highest BCUT2D eigenvalue weighted by atomic mass is 32.2. The summed E-state index contributed by atoms with van der Waals surface area (Å²) in [5.41, 5.74) is -0.147. The Morgan fingerprint density at radius 1 is 1.24 bits per heavy atom. The average Bonchev–Trinajstić information content (AvgIpc) is 2.95. The Hall–Kier alpha value is -0.950. The molecule has 0 radical (unpaired) electrons. The van der Waals surface area contributed by atoms with Crippen LogP contribution in [0, 0.1) is 5.92 Å². The highest BCUT2D eigenvalue weighted by Crippen LogP contribution is 2.35. The van der Waals surface area contributed by atoms with Gasteiger partial charge in [-0.3, -0.25) is 0 Å². The maximum Gasteiger partial charge on any atom is 0.490 e. The van der Waals surface area contributed by atoms with Crippen molar-refractivity contribution in [1.29, 1.82) is 0 Å². The molecule has 0 bridgehead atoms. The molecular weight excluding hydrogens is 417 g/mol. The van der Waals surface area contributed by atoms with Gasteiger partial charge in [0.25, 0.3) is 0 Å². The third kappa shape index (κ3) is 8.36. The quantitative estimate of drug-likeness (QED) is 0.669. The molecule has 0 aromatic carbocycles. The fourth-order valence-electron chi connectivity index (χ4n) is 4.09. The maximum atomic E-state index is 11.5. The van der Waals surface area contributed by atoms with Crippen molar-refractivity contribution in [2.75, 3.05) is 45.7 Å². The molecule has 3 heterocycles. The standard InChI is InChI=1S/C15H28N2O4S.C2HF3O2/c1-22(18,19)16-14-4-9-21-15(10-14)5-6-17(12-15)11-13-2-7-20-8-3-13;3-2(4,5)1(6)7/h13-14,16H,2-12H2,1H3;(H,6,7)/t14-,15+;/m0./s1. The first-order valence-electron chi connectivity index (χ1n) is 9.60. The number of nitrogens with zero attached hydrogens (tertiary/aromatic N) is 1. The number of nitrogens with one attached hydrogen (secondary N) is 1. The minimum atomic E-state index is -5.08. The van der Waals surface area contributed by atoms with E-state index < -0.39 is 22.2 Å². The third-order valence-corrected chi connectivity index (χ3v) is 6.13. The van der Waals surface area contributed by atoms with Crippen LogP contribution in [-0.2, 0) is 24.3 Å². The number of carboxylic acids is 1.